The van der Waals surface area contributed by atoms with Crippen molar-refractivity contribution in [1.29, 1.82) is 0 Å². The van der Waals surface area contributed by atoms with Crippen LogP contribution in [0.3, 0.4) is 0 Å². The number of likely N-dealkylation sites (tertiary alicyclic amines) is 1. The van der Waals surface area contributed by atoms with Gasteiger partial charge in [0, 0.05) is 98.3 Å². The summed E-state index contributed by atoms with van der Waals surface area (Å²) >= 11 is 0. The van der Waals surface area contributed by atoms with Crippen LogP contribution in [0.5, 0.6) is 5.75 Å². The highest BCUT2D eigenvalue weighted by Crippen LogP contribution is 2.34. The molecule has 5 heterocycles. The van der Waals surface area contributed by atoms with Crippen molar-refractivity contribution < 1.29 is 19.4 Å². The number of ether oxygens (including phenoxy) is 1. The average Bonchev–Trinajstić information content (AvgIpc) is 3.76. The predicted molar refractivity (Wildman–Crippen MR) is 205 cm³/mol. The Bertz CT molecular complexity index is 1780. The van der Waals surface area contributed by atoms with Gasteiger partial charge in [-0.05, 0) is 107 Å². The molecular formula is C39H54N10O4. The Balaban J connectivity index is 1.14. The van der Waals surface area contributed by atoms with Gasteiger partial charge in [0.1, 0.15) is 11.6 Å². The van der Waals surface area contributed by atoms with Crippen LogP contribution in [0, 0.1) is 19.8 Å². The van der Waals surface area contributed by atoms with E-state index < -0.39 is 5.97 Å². The molecule has 0 unspecified atom stereocenters. The maximum atomic E-state index is 12.9. The molecule has 2 fully saturated rings. The van der Waals surface area contributed by atoms with Crippen molar-refractivity contribution in [1.82, 2.24) is 24.6 Å². The van der Waals surface area contributed by atoms with E-state index in [2.05, 4.69) is 55.5 Å². The highest BCUT2D eigenvalue weighted by molar-refractivity contribution is 5.76. The minimum atomic E-state index is -0.809. The number of azide groups is 1. The fraction of sp³-hybridized carbons (Fsp3) is 0.590. The summed E-state index contributed by atoms with van der Waals surface area (Å²) in [5.74, 6) is 1.52. The molecule has 2 saturated heterocycles. The molecule has 3 aromatic rings. The van der Waals surface area contributed by atoms with Crippen molar-refractivity contribution in [3.8, 4) is 11.4 Å². The van der Waals surface area contributed by atoms with Crippen LogP contribution in [0.2, 0.25) is 0 Å². The Morgan fingerprint density at radius 1 is 1.09 bits per heavy atom. The number of carbonyl (C=O) groups is 2. The Morgan fingerprint density at radius 2 is 1.91 bits per heavy atom. The van der Waals surface area contributed by atoms with Gasteiger partial charge in [-0.2, -0.15) is 5.10 Å². The van der Waals surface area contributed by atoms with Crippen LogP contribution in [-0.2, 0) is 22.4 Å². The fourth-order valence-corrected chi connectivity index (χ4v) is 8.17. The molecule has 14 heteroatoms. The van der Waals surface area contributed by atoms with Gasteiger partial charge >= 0.3 is 5.97 Å². The molecule has 2 N–H and O–H groups in total. The number of unbranched alkanes of at least 4 members (excludes halogenated alkanes) is 1. The van der Waals surface area contributed by atoms with Crippen molar-refractivity contribution in [3.05, 3.63) is 69.0 Å². The maximum Gasteiger partial charge on any atom is 0.304 e. The second kappa shape index (κ2) is 17.8. The van der Waals surface area contributed by atoms with Gasteiger partial charge in [-0.3, -0.25) is 9.59 Å². The average molecular weight is 727 g/mol. The highest BCUT2D eigenvalue weighted by atomic mass is 16.5. The lowest BCUT2D eigenvalue weighted by Gasteiger charge is -2.37. The van der Waals surface area contributed by atoms with E-state index in [-0.39, 0.29) is 18.2 Å². The second-order valence-electron chi connectivity index (χ2n) is 14.8. The molecule has 1 aromatic carbocycles. The third kappa shape index (κ3) is 9.79. The number of hydrogen-bond donors (Lipinski definition) is 2. The molecule has 6 rings (SSSR count). The summed E-state index contributed by atoms with van der Waals surface area (Å²) in [7, 11) is 1.73. The monoisotopic (exact) mass is 726 g/mol. The summed E-state index contributed by atoms with van der Waals surface area (Å²) in [5, 5.41) is 21.9. The Morgan fingerprint density at radius 3 is 2.64 bits per heavy atom. The first-order chi connectivity index (χ1) is 25.7. The number of methoxy groups -OCH3 is 1. The SMILES string of the molecule is COc1cc(CC[C@@H]2CCN(C[C@@H](CC(=O)O)c3cc(N4CCN(C(=O)CCCCN=[N+]=[N-])CC4)cc(-n4nc(C)cc4C)c3)C2)nc2c1CCCN2. The number of carboxylic acid groups (broad SMARTS) is 1. The Hall–Kier alpha value is -4.81. The third-order valence-corrected chi connectivity index (χ3v) is 10.9. The third-order valence-electron chi connectivity index (χ3n) is 10.9. The number of hydrogen-bond acceptors (Lipinski definition) is 9. The van der Waals surface area contributed by atoms with Crippen molar-refractivity contribution in [2.45, 2.75) is 77.6 Å². The number of fused-ring (bicyclic) bond motifs is 1. The number of aromatic nitrogens is 3. The molecule has 0 bridgehead atoms. The largest absolute Gasteiger partial charge is 0.496 e. The molecule has 3 aliphatic heterocycles. The topological polar surface area (TPSA) is 165 Å². The summed E-state index contributed by atoms with van der Waals surface area (Å²) in [6, 6.07) is 10.6. The number of anilines is 2. The van der Waals surface area contributed by atoms with Crippen molar-refractivity contribution in [3.63, 3.8) is 0 Å². The molecular weight excluding hydrogens is 672 g/mol. The minimum Gasteiger partial charge on any atom is -0.496 e. The van der Waals surface area contributed by atoms with E-state index in [0.717, 1.165) is 97.3 Å². The number of nitrogens with one attached hydrogen (secondary N) is 1. The number of aryl methyl sites for hydroxylation is 3. The number of piperazine rings is 1. The molecule has 0 aliphatic carbocycles. The van der Waals surface area contributed by atoms with E-state index in [1.165, 1.54) is 5.56 Å². The van der Waals surface area contributed by atoms with Gasteiger partial charge in [-0.15, -0.1) is 0 Å². The lowest BCUT2D eigenvalue weighted by atomic mass is 9.93. The van der Waals surface area contributed by atoms with Crippen molar-refractivity contribution in [2.75, 3.05) is 76.2 Å². The summed E-state index contributed by atoms with van der Waals surface area (Å²) in [6.45, 7) is 10.5. The van der Waals surface area contributed by atoms with Gasteiger partial charge in [0.05, 0.1) is 24.9 Å². The molecule has 1 amide bonds. The van der Waals surface area contributed by atoms with E-state index in [0.29, 0.717) is 64.4 Å². The van der Waals surface area contributed by atoms with E-state index in [1.54, 1.807) is 7.11 Å². The molecule has 284 valence electrons. The van der Waals surface area contributed by atoms with E-state index in [1.807, 2.05) is 23.4 Å². The van der Waals surface area contributed by atoms with Crippen LogP contribution in [0.1, 0.15) is 79.1 Å². The predicted octanol–water partition coefficient (Wildman–Crippen LogP) is 5.89. The minimum absolute atomic E-state index is 0.0367. The zero-order chi connectivity index (χ0) is 37.3. The van der Waals surface area contributed by atoms with Gasteiger partial charge in [0.2, 0.25) is 5.91 Å². The number of amides is 1. The van der Waals surface area contributed by atoms with Crippen LogP contribution in [0.4, 0.5) is 11.5 Å². The molecule has 14 nitrogen and oxygen atoms in total. The first-order valence-electron chi connectivity index (χ1n) is 19.2. The normalized spacial score (nSPS) is 17.9. The van der Waals surface area contributed by atoms with Crippen LogP contribution in [0.25, 0.3) is 16.1 Å². The van der Waals surface area contributed by atoms with E-state index in [9.17, 15) is 14.7 Å². The molecule has 0 spiro atoms. The van der Waals surface area contributed by atoms with Crippen molar-refractivity contribution >= 4 is 23.4 Å². The lowest BCUT2D eigenvalue weighted by molar-refractivity contribution is -0.137. The summed E-state index contributed by atoms with van der Waals surface area (Å²) in [4.78, 5) is 39.6. The molecule has 2 atom stereocenters. The van der Waals surface area contributed by atoms with Crippen LogP contribution in [-0.4, -0.2) is 108 Å². The van der Waals surface area contributed by atoms with Gasteiger partial charge < -0.3 is 29.9 Å². The molecule has 3 aliphatic rings. The fourth-order valence-electron chi connectivity index (χ4n) is 8.17. The van der Waals surface area contributed by atoms with E-state index >= 15 is 0 Å². The first-order valence-corrected chi connectivity index (χ1v) is 19.2. The maximum absolute atomic E-state index is 12.9. The standard InChI is InChI=1S/C39H54N10O4/c1-27-19-28(2)49(44-27)34-21-30(20-33(24-34)47-15-17-48(18-16-47)37(50)8-4-5-13-42-45-40)31(22-38(51)52)26-46-14-11-29(25-46)9-10-32-23-36(53-3)35-7-6-12-41-39(35)43-32/h19-21,23-24,29,31H,4-18,22,25-26H2,1-3H3,(H,41,43)(H,51,52)/t29-,31-/m1/s1. The van der Waals surface area contributed by atoms with Crippen LogP contribution in [0.15, 0.2) is 35.4 Å². The van der Waals surface area contributed by atoms with Gasteiger partial charge in [0.15, 0.2) is 0 Å². The quantitative estimate of drug-likeness (QED) is 0.0792. The number of rotatable bonds is 16. The number of aliphatic carboxylic acids is 1. The van der Waals surface area contributed by atoms with E-state index in [4.69, 9.17) is 20.4 Å². The number of pyridine rings is 1. The van der Waals surface area contributed by atoms with Gasteiger partial charge in [0.25, 0.3) is 0 Å². The van der Waals surface area contributed by atoms with Gasteiger partial charge in [-0.1, -0.05) is 5.11 Å². The van der Waals surface area contributed by atoms with Crippen LogP contribution >= 0.6 is 0 Å². The van der Waals surface area contributed by atoms with Gasteiger partial charge in [-0.25, -0.2) is 9.67 Å². The Labute approximate surface area is 312 Å². The zero-order valence-corrected chi connectivity index (χ0v) is 31.5. The van der Waals surface area contributed by atoms with Crippen molar-refractivity contribution in [2.24, 2.45) is 11.0 Å². The van der Waals surface area contributed by atoms with Crippen LogP contribution < -0.4 is 15.0 Å². The molecule has 2 aromatic heterocycles. The second-order valence-corrected chi connectivity index (χ2v) is 14.8. The molecule has 0 saturated carbocycles. The molecule has 53 heavy (non-hydrogen) atoms. The number of carbonyl (C=O) groups excluding carboxylic acids is 1. The smallest absolute Gasteiger partial charge is 0.304 e. The zero-order valence-electron chi connectivity index (χ0n) is 31.5. The number of carboxylic acids is 1. The summed E-state index contributed by atoms with van der Waals surface area (Å²) in [5.41, 5.74) is 15.6. The molecule has 0 radical (unpaired) electrons. The summed E-state index contributed by atoms with van der Waals surface area (Å²) in [6.07, 6.45) is 6.94. The Kier molecular flexibility index (Phi) is 12.7. The lowest BCUT2D eigenvalue weighted by Crippen LogP contribution is -2.48. The highest BCUT2D eigenvalue weighted by Gasteiger charge is 2.29. The number of nitrogens with zero attached hydrogens (tertiary/aromatic N) is 9. The summed E-state index contributed by atoms with van der Waals surface area (Å²) < 4.78 is 7.66. The number of benzene rings is 1. The first kappa shape index (κ1) is 37.9.